The van der Waals surface area contributed by atoms with E-state index in [4.69, 9.17) is 5.11 Å². The van der Waals surface area contributed by atoms with E-state index in [1.54, 1.807) is 12.2 Å². The number of carbonyl (C=O) groups excluding carboxylic acids is 1. The van der Waals surface area contributed by atoms with Crippen LogP contribution in [0.3, 0.4) is 0 Å². The molecule has 0 saturated carbocycles. The van der Waals surface area contributed by atoms with Crippen LogP contribution in [-0.2, 0) is 4.79 Å². The summed E-state index contributed by atoms with van der Waals surface area (Å²) in [4.78, 5) is 11.2. The second-order valence-electron chi connectivity index (χ2n) is 3.15. The highest BCUT2D eigenvalue weighted by molar-refractivity contribution is 5.77. The van der Waals surface area contributed by atoms with Gasteiger partial charge < -0.3 is 10.4 Å². The zero-order valence-corrected chi connectivity index (χ0v) is 9.84. The van der Waals surface area contributed by atoms with Gasteiger partial charge >= 0.3 is 0 Å². The Hall–Kier alpha value is -1.25. The molecule has 0 atom stereocenters. The average Bonchev–Trinajstić information content (AvgIpc) is 2.25. The van der Waals surface area contributed by atoms with Gasteiger partial charge in [0.05, 0.1) is 5.76 Å². The van der Waals surface area contributed by atoms with Crippen LogP contribution in [0.2, 0.25) is 0 Å². The normalized spacial score (nSPS) is 14.3. The molecule has 1 rings (SSSR count). The third-order valence-corrected chi connectivity index (χ3v) is 1.90. The summed E-state index contributed by atoms with van der Waals surface area (Å²) in [7, 11) is 0. The van der Waals surface area contributed by atoms with Crippen LogP contribution in [0.4, 0.5) is 0 Å². The first-order valence-electron chi connectivity index (χ1n) is 5.61. The van der Waals surface area contributed by atoms with E-state index in [-0.39, 0.29) is 5.91 Å². The quantitative estimate of drug-likeness (QED) is 0.753. The van der Waals surface area contributed by atoms with Crippen LogP contribution in [0.5, 0.6) is 0 Å². The van der Waals surface area contributed by atoms with Gasteiger partial charge in [-0.15, -0.1) is 0 Å². The minimum Gasteiger partial charge on any atom is -0.512 e. The molecule has 0 fully saturated rings. The number of amides is 1. The van der Waals surface area contributed by atoms with Crippen molar-refractivity contribution < 1.29 is 9.90 Å². The summed E-state index contributed by atoms with van der Waals surface area (Å²) in [5.41, 5.74) is 0.899. The zero-order valence-electron chi connectivity index (χ0n) is 9.84. The molecular weight excluding hydrogens is 190 g/mol. The topological polar surface area (TPSA) is 49.3 Å². The van der Waals surface area contributed by atoms with E-state index in [0.29, 0.717) is 18.6 Å². The summed E-state index contributed by atoms with van der Waals surface area (Å²) in [6.07, 6.45) is 6.15. The lowest BCUT2D eigenvalue weighted by molar-refractivity contribution is -0.120. The number of nitrogens with one attached hydrogen (secondary N) is 1. The van der Waals surface area contributed by atoms with Gasteiger partial charge in [-0.25, -0.2) is 0 Å². The molecule has 15 heavy (non-hydrogen) atoms. The molecule has 0 radical (unpaired) electrons. The van der Waals surface area contributed by atoms with Gasteiger partial charge in [0.25, 0.3) is 0 Å². The molecule has 2 N–H and O–H groups in total. The molecule has 0 aromatic carbocycles. The first kappa shape index (κ1) is 13.8. The lowest BCUT2D eigenvalue weighted by Gasteiger charge is -2.12. The van der Waals surface area contributed by atoms with Crippen molar-refractivity contribution in [2.24, 2.45) is 0 Å². The number of aliphatic hydroxyl groups excluding tert-OH is 1. The number of aliphatic hydroxyl groups is 1. The number of hydrogen-bond donors (Lipinski definition) is 2. The highest BCUT2D eigenvalue weighted by atomic mass is 16.3. The van der Waals surface area contributed by atoms with Crippen LogP contribution in [0.25, 0.3) is 0 Å². The Balaban J connectivity index is 0.000000921. The monoisotopic (exact) mass is 211 g/mol. The summed E-state index contributed by atoms with van der Waals surface area (Å²) in [6, 6.07) is 0. The lowest BCUT2D eigenvalue weighted by Crippen LogP contribution is -2.22. The second kappa shape index (κ2) is 8.09. The van der Waals surface area contributed by atoms with E-state index in [9.17, 15) is 4.79 Å². The fourth-order valence-electron chi connectivity index (χ4n) is 1.20. The first-order chi connectivity index (χ1) is 7.22. The van der Waals surface area contributed by atoms with Crippen molar-refractivity contribution in [1.29, 1.82) is 0 Å². The van der Waals surface area contributed by atoms with E-state index < -0.39 is 0 Å². The van der Waals surface area contributed by atoms with E-state index in [1.807, 2.05) is 20.8 Å². The molecule has 0 spiro atoms. The van der Waals surface area contributed by atoms with E-state index in [2.05, 4.69) is 5.32 Å². The molecule has 0 unspecified atom stereocenters. The molecule has 0 aromatic heterocycles. The van der Waals surface area contributed by atoms with Crippen LogP contribution in [0, 0.1) is 0 Å². The zero-order chi connectivity index (χ0) is 11.7. The summed E-state index contributed by atoms with van der Waals surface area (Å²) in [5.74, 6) is 0.442. The van der Waals surface area contributed by atoms with Crippen LogP contribution in [-0.4, -0.2) is 11.0 Å². The molecule has 0 aromatic rings. The van der Waals surface area contributed by atoms with Gasteiger partial charge in [-0.05, 0) is 25.0 Å². The van der Waals surface area contributed by atoms with Crippen molar-refractivity contribution in [3.8, 4) is 0 Å². The highest BCUT2D eigenvalue weighted by Gasteiger charge is 2.07. The maximum atomic E-state index is 11.2. The smallest absolute Gasteiger partial charge is 0.224 e. The molecule has 1 aliphatic carbocycles. The maximum absolute atomic E-state index is 11.2. The van der Waals surface area contributed by atoms with Gasteiger partial charge in [0.2, 0.25) is 5.91 Å². The van der Waals surface area contributed by atoms with Gasteiger partial charge in [0.15, 0.2) is 0 Å². The predicted octanol–water partition coefficient (Wildman–Crippen LogP) is 3.05. The van der Waals surface area contributed by atoms with Crippen molar-refractivity contribution >= 4 is 5.91 Å². The standard InChI is InChI=1S/C10H15NO2.C2H6/c1-2-3-10(13)11-8-4-6-9(12)7-5-8;1-2/h4,6,12H,2-3,5,7H2,1H3,(H,11,13);1-2H3. The maximum Gasteiger partial charge on any atom is 0.224 e. The number of allylic oxidation sites excluding steroid dienone is 4. The third-order valence-electron chi connectivity index (χ3n) is 1.90. The van der Waals surface area contributed by atoms with Crippen LogP contribution >= 0.6 is 0 Å². The van der Waals surface area contributed by atoms with Gasteiger partial charge in [0, 0.05) is 18.5 Å². The molecular formula is C12H21NO2. The average molecular weight is 211 g/mol. The molecule has 0 bridgehead atoms. The molecule has 1 aliphatic rings. The van der Waals surface area contributed by atoms with E-state index >= 15 is 0 Å². The summed E-state index contributed by atoms with van der Waals surface area (Å²) in [6.45, 7) is 5.97. The molecule has 3 heteroatoms. The van der Waals surface area contributed by atoms with Crippen molar-refractivity contribution in [1.82, 2.24) is 5.32 Å². The van der Waals surface area contributed by atoms with Crippen molar-refractivity contribution in [3.05, 3.63) is 23.6 Å². The van der Waals surface area contributed by atoms with Gasteiger partial charge in [-0.3, -0.25) is 4.79 Å². The SMILES string of the molecule is CC.CCCC(=O)NC1=CC=C(O)CC1. The Bertz CT molecular complexity index is 254. The van der Waals surface area contributed by atoms with E-state index in [1.165, 1.54) is 0 Å². The Morgan fingerprint density at radius 3 is 2.53 bits per heavy atom. The van der Waals surface area contributed by atoms with Crippen molar-refractivity contribution in [2.45, 2.75) is 46.5 Å². The Morgan fingerprint density at radius 2 is 2.07 bits per heavy atom. The summed E-state index contributed by atoms with van der Waals surface area (Å²) >= 11 is 0. The second-order valence-corrected chi connectivity index (χ2v) is 3.15. The highest BCUT2D eigenvalue weighted by Crippen LogP contribution is 2.13. The Kier molecular flexibility index (Phi) is 7.42. The van der Waals surface area contributed by atoms with E-state index in [0.717, 1.165) is 18.5 Å². The van der Waals surface area contributed by atoms with Crippen molar-refractivity contribution in [2.75, 3.05) is 0 Å². The van der Waals surface area contributed by atoms with Crippen LogP contribution in [0.1, 0.15) is 46.5 Å². The molecule has 86 valence electrons. The number of carbonyl (C=O) groups is 1. The van der Waals surface area contributed by atoms with Gasteiger partial charge in [0.1, 0.15) is 0 Å². The Morgan fingerprint density at radius 1 is 1.40 bits per heavy atom. The first-order valence-corrected chi connectivity index (χ1v) is 5.61. The summed E-state index contributed by atoms with van der Waals surface area (Å²) < 4.78 is 0. The van der Waals surface area contributed by atoms with Crippen LogP contribution < -0.4 is 5.32 Å². The lowest BCUT2D eigenvalue weighted by atomic mass is 10.1. The largest absolute Gasteiger partial charge is 0.512 e. The van der Waals surface area contributed by atoms with Crippen molar-refractivity contribution in [3.63, 3.8) is 0 Å². The van der Waals surface area contributed by atoms with Gasteiger partial charge in [-0.1, -0.05) is 20.8 Å². The van der Waals surface area contributed by atoms with Crippen LogP contribution in [0.15, 0.2) is 23.6 Å². The van der Waals surface area contributed by atoms with Gasteiger partial charge in [-0.2, -0.15) is 0 Å². The fourth-order valence-corrected chi connectivity index (χ4v) is 1.20. The molecule has 0 aliphatic heterocycles. The Labute approximate surface area is 91.9 Å². The molecule has 1 amide bonds. The number of hydrogen-bond acceptors (Lipinski definition) is 2. The minimum absolute atomic E-state index is 0.0588. The minimum atomic E-state index is 0.0588. The molecule has 3 nitrogen and oxygen atoms in total. The number of rotatable bonds is 3. The fraction of sp³-hybridized carbons (Fsp3) is 0.583. The summed E-state index contributed by atoms with van der Waals surface area (Å²) in [5, 5.41) is 11.9. The third kappa shape index (κ3) is 5.94. The predicted molar refractivity (Wildman–Crippen MR) is 62.4 cm³/mol. The molecule has 0 heterocycles. The molecule has 0 saturated heterocycles.